The van der Waals surface area contributed by atoms with Gasteiger partial charge in [-0.1, -0.05) is 29.6 Å². The molecule has 11 heteroatoms. The third-order valence-corrected chi connectivity index (χ3v) is 10.8. The first kappa shape index (κ1) is 25.4. The summed E-state index contributed by atoms with van der Waals surface area (Å²) >= 11 is 18.3. The van der Waals surface area contributed by atoms with Gasteiger partial charge in [0.05, 0.1) is 17.8 Å². The minimum Gasteiger partial charge on any atom is -0.460 e. The van der Waals surface area contributed by atoms with Gasteiger partial charge in [0.15, 0.2) is 5.82 Å². The van der Waals surface area contributed by atoms with Gasteiger partial charge < -0.3 is 9.26 Å². The third kappa shape index (κ3) is 5.11. The topological polar surface area (TPSA) is 69.0 Å². The second-order valence-corrected chi connectivity index (χ2v) is 13.3. The lowest BCUT2D eigenvalue weighted by atomic mass is 10.2. The molecular weight excluding hydrogens is 538 g/mol. The molecule has 2 aliphatic heterocycles. The standard InChI is InChI=1S/C25H25Cl2N4O3PS/c1-17-22-23(31(29-17)15-16-33-25(32)19-7-11-21(27)12-8-19)28-24(18-5-9-20(26)10-6-18)34-35(22,36)30-13-3-2-4-14-30/h5-12H,2-4,13-16H2,1H3. The lowest BCUT2D eigenvalue weighted by Crippen LogP contribution is -2.35. The normalized spacial score (nSPS) is 19.8. The number of rotatable bonds is 6. The molecule has 3 heterocycles. The first-order valence-corrected chi connectivity index (χ1v) is 15.2. The largest absolute Gasteiger partial charge is 0.460 e. The number of halogens is 2. The highest BCUT2D eigenvalue weighted by Gasteiger charge is 2.41. The van der Waals surface area contributed by atoms with E-state index < -0.39 is 12.4 Å². The number of benzene rings is 2. The maximum atomic E-state index is 12.4. The molecular formula is C25H25Cl2N4O3PS. The van der Waals surface area contributed by atoms with E-state index in [4.69, 9.17) is 54.4 Å². The Bertz CT molecular complexity index is 1350. The van der Waals surface area contributed by atoms with Gasteiger partial charge in [-0.15, -0.1) is 0 Å². The number of carbonyl (C=O) groups excluding carboxylic acids is 1. The van der Waals surface area contributed by atoms with Crippen LogP contribution in [0.25, 0.3) is 0 Å². The number of hydrogen-bond acceptors (Lipinski definition) is 6. The zero-order valence-electron chi connectivity index (χ0n) is 19.7. The zero-order chi connectivity index (χ0) is 25.3. The van der Waals surface area contributed by atoms with Crippen LogP contribution in [-0.4, -0.2) is 46.0 Å². The van der Waals surface area contributed by atoms with Crippen molar-refractivity contribution in [2.75, 3.05) is 19.7 Å². The van der Waals surface area contributed by atoms with Gasteiger partial charge in [-0.25, -0.2) is 14.1 Å². The van der Waals surface area contributed by atoms with E-state index in [0.29, 0.717) is 33.9 Å². The number of carbonyl (C=O) groups is 1. The van der Waals surface area contributed by atoms with E-state index in [1.807, 2.05) is 19.1 Å². The molecule has 0 bridgehead atoms. The van der Waals surface area contributed by atoms with Gasteiger partial charge in [-0.05, 0) is 80.1 Å². The first-order valence-electron chi connectivity index (χ1n) is 11.8. The van der Waals surface area contributed by atoms with Crippen molar-refractivity contribution >= 4 is 64.4 Å². The fraction of sp³-hybridized carbons (Fsp3) is 0.320. The third-order valence-electron chi connectivity index (χ3n) is 6.18. The van der Waals surface area contributed by atoms with Crippen molar-refractivity contribution < 1.29 is 14.1 Å². The summed E-state index contributed by atoms with van der Waals surface area (Å²) in [5.41, 5.74) is 2.04. The van der Waals surface area contributed by atoms with Crippen LogP contribution in [0, 0.1) is 6.92 Å². The summed E-state index contributed by atoms with van der Waals surface area (Å²) in [6.45, 7) is 4.17. The summed E-state index contributed by atoms with van der Waals surface area (Å²) < 4.78 is 16.1. The Morgan fingerprint density at radius 1 is 1.06 bits per heavy atom. The summed E-state index contributed by atoms with van der Waals surface area (Å²) in [4.78, 5) is 17.3. The van der Waals surface area contributed by atoms with Gasteiger partial charge in [-0.3, -0.25) is 0 Å². The lowest BCUT2D eigenvalue weighted by Gasteiger charge is -2.38. The summed E-state index contributed by atoms with van der Waals surface area (Å²) in [6.07, 6.45) is 0.718. The van der Waals surface area contributed by atoms with E-state index in [2.05, 4.69) is 4.67 Å². The molecule has 1 unspecified atom stereocenters. The number of aryl methyl sites for hydroxylation is 1. The van der Waals surface area contributed by atoms with Gasteiger partial charge >= 0.3 is 5.97 Å². The minimum atomic E-state index is -2.63. The Morgan fingerprint density at radius 2 is 1.69 bits per heavy atom. The second kappa shape index (κ2) is 10.6. The van der Waals surface area contributed by atoms with Crippen molar-refractivity contribution in [3.8, 4) is 0 Å². The smallest absolute Gasteiger partial charge is 0.338 e. The summed E-state index contributed by atoms with van der Waals surface area (Å²) in [5, 5.41) is 6.81. The maximum absolute atomic E-state index is 12.4. The van der Waals surface area contributed by atoms with Crippen molar-refractivity contribution in [3.63, 3.8) is 0 Å². The summed E-state index contributed by atoms with van der Waals surface area (Å²) in [6, 6.07) is 14.0. The van der Waals surface area contributed by atoms with E-state index in [1.165, 1.54) is 6.42 Å². The number of fused-ring (bicyclic) bond motifs is 1. The average molecular weight is 563 g/mol. The van der Waals surface area contributed by atoms with E-state index in [9.17, 15) is 4.79 Å². The maximum Gasteiger partial charge on any atom is 0.338 e. The minimum absolute atomic E-state index is 0.133. The average Bonchev–Trinajstić information content (AvgIpc) is 3.21. The fourth-order valence-electron chi connectivity index (χ4n) is 4.38. The molecule has 1 atom stereocenters. The number of piperidine rings is 1. The van der Waals surface area contributed by atoms with Gasteiger partial charge in [0.2, 0.25) is 12.3 Å². The van der Waals surface area contributed by atoms with Crippen LogP contribution in [0.5, 0.6) is 0 Å². The fourth-order valence-corrected chi connectivity index (χ4v) is 8.53. The predicted octanol–water partition coefficient (Wildman–Crippen LogP) is 5.88. The highest BCUT2D eigenvalue weighted by molar-refractivity contribution is 8.15. The summed E-state index contributed by atoms with van der Waals surface area (Å²) in [7, 11) is 0. The van der Waals surface area contributed by atoms with E-state index in [0.717, 1.165) is 42.5 Å². The highest BCUT2D eigenvalue weighted by Crippen LogP contribution is 2.56. The first-order chi connectivity index (χ1) is 17.3. The molecule has 1 aromatic heterocycles. The van der Waals surface area contributed by atoms with Crippen LogP contribution < -0.4 is 5.30 Å². The van der Waals surface area contributed by atoms with Crippen molar-refractivity contribution in [1.29, 1.82) is 0 Å². The number of aliphatic imine (C=N–C) groups is 1. The van der Waals surface area contributed by atoms with Crippen molar-refractivity contribution in [3.05, 3.63) is 75.4 Å². The Hall–Kier alpha value is -2.22. The summed E-state index contributed by atoms with van der Waals surface area (Å²) in [5.74, 6) is 0.712. The van der Waals surface area contributed by atoms with Crippen molar-refractivity contribution in [1.82, 2.24) is 14.5 Å². The van der Waals surface area contributed by atoms with Crippen LogP contribution >= 0.6 is 29.6 Å². The Kier molecular flexibility index (Phi) is 7.52. The van der Waals surface area contributed by atoms with E-state index in [-0.39, 0.29) is 6.61 Å². The van der Waals surface area contributed by atoms with Crippen LogP contribution in [0.15, 0.2) is 53.5 Å². The quantitative estimate of drug-likeness (QED) is 0.276. The molecule has 188 valence electrons. The van der Waals surface area contributed by atoms with Crippen LogP contribution in [0.3, 0.4) is 0 Å². The lowest BCUT2D eigenvalue weighted by molar-refractivity contribution is 0.0488. The van der Waals surface area contributed by atoms with E-state index >= 15 is 0 Å². The van der Waals surface area contributed by atoms with E-state index in [1.54, 1.807) is 41.1 Å². The van der Waals surface area contributed by atoms with Crippen LogP contribution in [-0.2, 0) is 27.6 Å². The Morgan fingerprint density at radius 3 is 2.36 bits per heavy atom. The van der Waals surface area contributed by atoms with Gasteiger partial charge in [-0.2, -0.15) is 10.1 Å². The molecule has 2 aromatic carbocycles. The van der Waals surface area contributed by atoms with Crippen molar-refractivity contribution in [2.24, 2.45) is 4.99 Å². The zero-order valence-corrected chi connectivity index (χ0v) is 22.9. The van der Waals surface area contributed by atoms with Crippen LogP contribution in [0.4, 0.5) is 5.82 Å². The Labute approximate surface area is 225 Å². The van der Waals surface area contributed by atoms with Gasteiger partial charge in [0, 0.05) is 28.7 Å². The predicted molar refractivity (Wildman–Crippen MR) is 147 cm³/mol. The number of nitrogens with zero attached hydrogens (tertiary/aromatic N) is 4. The molecule has 0 amide bonds. The molecule has 0 spiro atoms. The molecule has 2 aliphatic rings. The molecule has 1 saturated heterocycles. The monoisotopic (exact) mass is 562 g/mol. The molecule has 36 heavy (non-hydrogen) atoms. The molecule has 7 nitrogen and oxygen atoms in total. The van der Waals surface area contributed by atoms with Gasteiger partial charge in [0.25, 0.3) is 0 Å². The number of esters is 1. The number of hydrogen-bond donors (Lipinski definition) is 0. The molecule has 1 fully saturated rings. The van der Waals surface area contributed by atoms with Crippen molar-refractivity contribution in [2.45, 2.75) is 32.7 Å². The highest BCUT2D eigenvalue weighted by atomic mass is 35.5. The van der Waals surface area contributed by atoms with Crippen LogP contribution in [0.1, 0.15) is 40.9 Å². The Balaban J connectivity index is 1.45. The molecule has 5 rings (SSSR count). The molecule has 0 aliphatic carbocycles. The molecule has 0 radical (unpaired) electrons. The molecule has 0 N–H and O–H groups in total. The number of aromatic nitrogens is 2. The van der Waals surface area contributed by atoms with Gasteiger partial charge in [0.1, 0.15) is 11.9 Å². The number of ether oxygens (including phenoxy) is 1. The van der Waals surface area contributed by atoms with Crippen LogP contribution in [0.2, 0.25) is 10.0 Å². The second-order valence-electron chi connectivity index (χ2n) is 8.67. The molecule has 3 aromatic rings. The molecule has 0 saturated carbocycles. The SMILES string of the molecule is Cc1nn(CCOC(=O)c2ccc(Cl)cc2)c2c1P(=S)(N1CCCCC1)OC(c1ccc(Cl)cc1)=N2.